The standard InChI is InChI=1S/C13H18O2/c1-3-4-5-6-7-11-10(2)12(14)8-9-13(11)15/h8-9H,3-7H2,1-2H3. The van der Waals surface area contributed by atoms with Gasteiger partial charge in [-0.05, 0) is 31.9 Å². The highest BCUT2D eigenvalue weighted by atomic mass is 16.1. The maximum absolute atomic E-state index is 11.5. The van der Waals surface area contributed by atoms with E-state index in [4.69, 9.17) is 0 Å². The van der Waals surface area contributed by atoms with Gasteiger partial charge >= 0.3 is 0 Å². The second kappa shape index (κ2) is 5.64. The average molecular weight is 206 g/mol. The lowest BCUT2D eigenvalue weighted by molar-refractivity contribution is -0.115. The number of carbonyl (C=O) groups is 2. The summed E-state index contributed by atoms with van der Waals surface area (Å²) in [7, 11) is 0. The van der Waals surface area contributed by atoms with Crippen LogP contribution in [0.15, 0.2) is 23.3 Å². The van der Waals surface area contributed by atoms with Crippen LogP contribution in [0.2, 0.25) is 0 Å². The molecule has 0 amide bonds. The van der Waals surface area contributed by atoms with E-state index in [1.54, 1.807) is 6.92 Å². The second-order valence-electron chi connectivity index (χ2n) is 3.98. The number of ketones is 2. The van der Waals surface area contributed by atoms with Gasteiger partial charge in [0.2, 0.25) is 0 Å². The van der Waals surface area contributed by atoms with Crippen molar-refractivity contribution in [1.82, 2.24) is 0 Å². The average Bonchev–Trinajstić information content (AvgIpc) is 2.23. The molecule has 0 bridgehead atoms. The molecule has 82 valence electrons. The van der Waals surface area contributed by atoms with Gasteiger partial charge in [0.05, 0.1) is 0 Å². The molecule has 0 unspecified atom stereocenters. The Morgan fingerprint density at radius 1 is 1.00 bits per heavy atom. The summed E-state index contributed by atoms with van der Waals surface area (Å²) in [6, 6.07) is 0. The first-order valence-corrected chi connectivity index (χ1v) is 5.63. The third-order valence-electron chi connectivity index (χ3n) is 2.79. The van der Waals surface area contributed by atoms with Gasteiger partial charge in [-0.3, -0.25) is 9.59 Å². The second-order valence-corrected chi connectivity index (χ2v) is 3.98. The maximum atomic E-state index is 11.5. The summed E-state index contributed by atoms with van der Waals surface area (Å²) in [5, 5.41) is 0. The minimum atomic E-state index is -0.0138. The first-order valence-electron chi connectivity index (χ1n) is 5.63. The van der Waals surface area contributed by atoms with Gasteiger partial charge in [-0.15, -0.1) is 0 Å². The monoisotopic (exact) mass is 206 g/mol. The molecule has 0 aromatic rings. The summed E-state index contributed by atoms with van der Waals surface area (Å²) < 4.78 is 0. The van der Waals surface area contributed by atoms with Crippen LogP contribution < -0.4 is 0 Å². The predicted octanol–water partition coefficient (Wildman–Crippen LogP) is 2.98. The lowest BCUT2D eigenvalue weighted by atomic mass is 9.92. The zero-order chi connectivity index (χ0) is 11.3. The van der Waals surface area contributed by atoms with Crippen molar-refractivity contribution in [2.24, 2.45) is 0 Å². The van der Waals surface area contributed by atoms with E-state index in [2.05, 4.69) is 6.92 Å². The molecule has 15 heavy (non-hydrogen) atoms. The lowest BCUT2D eigenvalue weighted by Gasteiger charge is -2.11. The molecule has 1 aliphatic rings. The Labute approximate surface area is 91.1 Å². The molecule has 2 nitrogen and oxygen atoms in total. The Kier molecular flexibility index (Phi) is 4.47. The molecule has 0 aliphatic heterocycles. The zero-order valence-electron chi connectivity index (χ0n) is 9.51. The summed E-state index contributed by atoms with van der Waals surface area (Å²) in [6.45, 7) is 3.90. The Hall–Kier alpha value is -1.18. The first kappa shape index (κ1) is 11.9. The minimum Gasteiger partial charge on any atom is -0.290 e. The van der Waals surface area contributed by atoms with E-state index >= 15 is 0 Å². The van der Waals surface area contributed by atoms with Crippen LogP contribution in [0.4, 0.5) is 0 Å². The molecule has 0 saturated carbocycles. The van der Waals surface area contributed by atoms with Crippen molar-refractivity contribution in [3.63, 3.8) is 0 Å². The summed E-state index contributed by atoms with van der Waals surface area (Å²) in [5.41, 5.74) is 1.36. The number of rotatable bonds is 5. The Balaban J connectivity index is 2.55. The van der Waals surface area contributed by atoms with Gasteiger partial charge in [0, 0.05) is 11.1 Å². The van der Waals surface area contributed by atoms with Crippen LogP contribution in [0, 0.1) is 0 Å². The molecule has 0 aromatic heterocycles. The highest BCUT2D eigenvalue weighted by Gasteiger charge is 2.18. The van der Waals surface area contributed by atoms with Crippen LogP contribution in [0.1, 0.15) is 46.0 Å². The van der Waals surface area contributed by atoms with Crippen LogP contribution in [0.3, 0.4) is 0 Å². The molecule has 0 N–H and O–H groups in total. The van der Waals surface area contributed by atoms with E-state index in [0.717, 1.165) is 24.8 Å². The topological polar surface area (TPSA) is 34.1 Å². The fourth-order valence-corrected chi connectivity index (χ4v) is 1.75. The molecule has 0 aromatic carbocycles. The Morgan fingerprint density at radius 3 is 2.33 bits per heavy atom. The van der Waals surface area contributed by atoms with Crippen molar-refractivity contribution < 1.29 is 9.59 Å². The molecule has 0 radical (unpaired) electrons. The number of hydrogen-bond donors (Lipinski definition) is 0. The van der Waals surface area contributed by atoms with Gasteiger partial charge in [-0.2, -0.15) is 0 Å². The Morgan fingerprint density at radius 2 is 1.67 bits per heavy atom. The van der Waals surface area contributed by atoms with E-state index in [-0.39, 0.29) is 11.6 Å². The van der Waals surface area contributed by atoms with Crippen molar-refractivity contribution in [3.8, 4) is 0 Å². The molecular weight excluding hydrogens is 188 g/mol. The normalized spacial score (nSPS) is 16.4. The summed E-state index contributed by atoms with van der Waals surface area (Å²) in [4.78, 5) is 22.9. The van der Waals surface area contributed by atoms with E-state index in [9.17, 15) is 9.59 Å². The molecule has 0 fully saturated rings. The van der Waals surface area contributed by atoms with E-state index in [1.165, 1.54) is 25.0 Å². The molecule has 2 heteroatoms. The number of allylic oxidation sites excluding steroid dienone is 4. The van der Waals surface area contributed by atoms with Crippen molar-refractivity contribution in [2.45, 2.75) is 46.0 Å². The molecule has 0 heterocycles. The molecule has 1 rings (SSSR count). The summed E-state index contributed by atoms with van der Waals surface area (Å²) in [6.07, 6.45) is 8.04. The van der Waals surface area contributed by atoms with Gasteiger partial charge in [0.25, 0.3) is 0 Å². The molecule has 1 aliphatic carbocycles. The first-order chi connectivity index (χ1) is 7.16. The zero-order valence-corrected chi connectivity index (χ0v) is 9.51. The van der Waals surface area contributed by atoms with E-state index in [1.807, 2.05) is 0 Å². The Bertz CT molecular complexity index is 321. The number of carbonyl (C=O) groups excluding carboxylic acids is 2. The van der Waals surface area contributed by atoms with Crippen molar-refractivity contribution in [3.05, 3.63) is 23.3 Å². The predicted molar refractivity (Wildman–Crippen MR) is 60.6 cm³/mol. The van der Waals surface area contributed by atoms with Crippen LogP contribution in [0.5, 0.6) is 0 Å². The van der Waals surface area contributed by atoms with Crippen LogP contribution >= 0.6 is 0 Å². The summed E-state index contributed by atoms with van der Waals surface area (Å²) >= 11 is 0. The number of hydrogen-bond acceptors (Lipinski definition) is 2. The molecular formula is C13H18O2. The van der Waals surface area contributed by atoms with E-state index < -0.39 is 0 Å². The molecule has 0 spiro atoms. The molecule has 0 saturated heterocycles. The third kappa shape index (κ3) is 3.15. The highest BCUT2D eigenvalue weighted by molar-refractivity contribution is 6.19. The van der Waals surface area contributed by atoms with Gasteiger partial charge in [-0.1, -0.05) is 26.2 Å². The highest BCUT2D eigenvalue weighted by Crippen LogP contribution is 2.19. The van der Waals surface area contributed by atoms with Gasteiger partial charge in [0.1, 0.15) is 0 Å². The van der Waals surface area contributed by atoms with Gasteiger partial charge in [-0.25, -0.2) is 0 Å². The van der Waals surface area contributed by atoms with Gasteiger partial charge in [0.15, 0.2) is 11.6 Å². The van der Waals surface area contributed by atoms with Crippen molar-refractivity contribution in [1.29, 1.82) is 0 Å². The molecule has 0 atom stereocenters. The summed E-state index contributed by atoms with van der Waals surface area (Å²) in [5.74, 6) is 0.00342. The van der Waals surface area contributed by atoms with Crippen molar-refractivity contribution >= 4 is 11.6 Å². The minimum absolute atomic E-state index is 0.0138. The lowest BCUT2D eigenvalue weighted by Crippen LogP contribution is -2.12. The van der Waals surface area contributed by atoms with E-state index in [0.29, 0.717) is 5.57 Å². The van der Waals surface area contributed by atoms with Gasteiger partial charge < -0.3 is 0 Å². The fraction of sp³-hybridized carbons (Fsp3) is 0.538. The van der Waals surface area contributed by atoms with Crippen LogP contribution in [-0.2, 0) is 9.59 Å². The van der Waals surface area contributed by atoms with Crippen LogP contribution in [0.25, 0.3) is 0 Å². The fourth-order valence-electron chi connectivity index (χ4n) is 1.75. The third-order valence-corrected chi connectivity index (χ3v) is 2.79. The maximum Gasteiger partial charge on any atom is 0.182 e. The number of unbranched alkanes of at least 4 members (excludes halogenated alkanes) is 3. The quantitative estimate of drug-likeness (QED) is 0.512. The SMILES string of the molecule is CCCCCCC1=C(C)C(=O)C=CC1=O. The van der Waals surface area contributed by atoms with Crippen LogP contribution in [-0.4, -0.2) is 11.6 Å². The van der Waals surface area contributed by atoms with Crippen molar-refractivity contribution in [2.75, 3.05) is 0 Å². The smallest absolute Gasteiger partial charge is 0.182 e. The largest absolute Gasteiger partial charge is 0.290 e.